The average molecular weight is 233 g/mol. The largest absolute Gasteiger partial charge is 0.490 e. The molecule has 3 heteroatoms. The van der Waals surface area contributed by atoms with E-state index in [-0.39, 0.29) is 0 Å². The van der Waals surface area contributed by atoms with Gasteiger partial charge in [0.25, 0.3) is 0 Å². The van der Waals surface area contributed by atoms with Gasteiger partial charge in [-0.05, 0) is 36.5 Å². The van der Waals surface area contributed by atoms with Crippen molar-refractivity contribution in [1.82, 2.24) is 0 Å². The summed E-state index contributed by atoms with van der Waals surface area (Å²) in [7, 11) is 0. The Bertz CT molecular complexity index is 405. The number of ether oxygens (including phenoxy) is 2. The van der Waals surface area contributed by atoms with Gasteiger partial charge in [-0.1, -0.05) is 12.5 Å². The van der Waals surface area contributed by atoms with E-state index in [4.69, 9.17) is 15.2 Å². The predicted molar refractivity (Wildman–Crippen MR) is 66.6 cm³/mol. The number of fused-ring (bicyclic) bond motifs is 1. The first-order chi connectivity index (χ1) is 8.34. The molecule has 0 aromatic heterocycles. The lowest BCUT2D eigenvalue weighted by atomic mass is 9.94. The lowest BCUT2D eigenvalue weighted by Gasteiger charge is -2.17. The summed E-state index contributed by atoms with van der Waals surface area (Å²) in [6.45, 7) is 1.49. The molecule has 1 heterocycles. The summed E-state index contributed by atoms with van der Waals surface area (Å²) in [5.74, 6) is 2.25. The molecule has 1 aromatic rings. The van der Waals surface area contributed by atoms with Gasteiger partial charge in [-0.25, -0.2) is 0 Å². The van der Waals surface area contributed by atoms with Gasteiger partial charge in [0, 0.05) is 12.5 Å². The Hall–Kier alpha value is -1.22. The Morgan fingerprint density at radius 2 is 1.82 bits per heavy atom. The molecule has 2 unspecified atom stereocenters. The summed E-state index contributed by atoms with van der Waals surface area (Å²) in [5.41, 5.74) is 7.45. The van der Waals surface area contributed by atoms with Gasteiger partial charge in [0.1, 0.15) is 0 Å². The summed E-state index contributed by atoms with van der Waals surface area (Å²) in [6, 6.07) is 6.60. The molecule has 17 heavy (non-hydrogen) atoms. The average Bonchev–Trinajstić information content (AvgIpc) is 2.64. The molecule has 0 bridgehead atoms. The fourth-order valence-corrected chi connectivity index (χ4v) is 2.81. The maximum absolute atomic E-state index is 6.15. The second-order valence-corrected chi connectivity index (χ2v) is 4.96. The highest BCUT2D eigenvalue weighted by molar-refractivity contribution is 5.44. The Morgan fingerprint density at radius 1 is 1.00 bits per heavy atom. The normalized spacial score (nSPS) is 27.8. The Kier molecular flexibility index (Phi) is 2.93. The minimum Gasteiger partial charge on any atom is -0.490 e. The van der Waals surface area contributed by atoms with E-state index in [0.717, 1.165) is 37.6 Å². The van der Waals surface area contributed by atoms with Crippen LogP contribution in [0.5, 0.6) is 11.5 Å². The molecule has 0 spiro atoms. The molecule has 0 radical (unpaired) electrons. The van der Waals surface area contributed by atoms with Gasteiger partial charge in [0.2, 0.25) is 0 Å². The number of hydrogen-bond donors (Lipinski definition) is 1. The molecule has 0 saturated heterocycles. The number of rotatable bonds is 1. The monoisotopic (exact) mass is 233 g/mol. The molecule has 1 aliphatic carbocycles. The SMILES string of the molecule is NC1CCCC1c1ccc2c(c1)OCCCO2. The number of benzene rings is 1. The van der Waals surface area contributed by atoms with E-state index in [1.165, 1.54) is 18.4 Å². The van der Waals surface area contributed by atoms with Crippen LogP contribution in [0.3, 0.4) is 0 Å². The van der Waals surface area contributed by atoms with Crippen LogP contribution in [0, 0.1) is 0 Å². The Balaban J connectivity index is 1.89. The van der Waals surface area contributed by atoms with Crippen molar-refractivity contribution >= 4 is 0 Å². The first-order valence-corrected chi connectivity index (χ1v) is 6.50. The maximum atomic E-state index is 6.15. The predicted octanol–water partition coefficient (Wildman–Crippen LogP) is 2.44. The van der Waals surface area contributed by atoms with Crippen molar-refractivity contribution < 1.29 is 9.47 Å². The summed E-state index contributed by atoms with van der Waals surface area (Å²) in [6.07, 6.45) is 4.52. The zero-order valence-corrected chi connectivity index (χ0v) is 10.0. The second kappa shape index (κ2) is 4.57. The van der Waals surface area contributed by atoms with Crippen LogP contribution in [0.4, 0.5) is 0 Å². The van der Waals surface area contributed by atoms with Crippen molar-refractivity contribution in [3.63, 3.8) is 0 Å². The van der Waals surface area contributed by atoms with Crippen molar-refractivity contribution in [1.29, 1.82) is 0 Å². The molecule has 3 rings (SSSR count). The highest BCUT2D eigenvalue weighted by Crippen LogP contribution is 2.38. The topological polar surface area (TPSA) is 44.5 Å². The van der Waals surface area contributed by atoms with Gasteiger partial charge in [-0.15, -0.1) is 0 Å². The first kappa shape index (κ1) is 10.9. The van der Waals surface area contributed by atoms with E-state index in [1.807, 2.05) is 6.07 Å². The second-order valence-electron chi connectivity index (χ2n) is 4.96. The minimum atomic E-state index is 0.305. The molecule has 1 fully saturated rings. The summed E-state index contributed by atoms with van der Waals surface area (Å²) in [4.78, 5) is 0. The fraction of sp³-hybridized carbons (Fsp3) is 0.571. The molecule has 1 aliphatic heterocycles. The zero-order chi connectivity index (χ0) is 11.7. The fourth-order valence-electron chi connectivity index (χ4n) is 2.81. The molecular formula is C14H19NO2. The highest BCUT2D eigenvalue weighted by atomic mass is 16.5. The van der Waals surface area contributed by atoms with Gasteiger partial charge in [0.05, 0.1) is 13.2 Å². The third kappa shape index (κ3) is 2.12. The summed E-state index contributed by atoms with van der Waals surface area (Å²) >= 11 is 0. The summed E-state index contributed by atoms with van der Waals surface area (Å²) < 4.78 is 11.4. The van der Waals surface area contributed by atoms with Crippen LogP contribution in [0.25, 0.3) is 0 Å². The van der Waals surface area contributed by atoms with E-state index in [1.54, 1.807) is 0 Å². The maximum Gasteiger partial charge on any atom is 0.161 e. The van der Waals surface area contributed by atoms with Gasteiger partial charge in [0.15, 0.2) is 11.5 Å². The number of nitrogens with two attached hydrogens (primary N) is 1. The minimum absolute atomic E-state index is 0.305. The van der Waals surface area contributed by atoms with Crippen LogP contribution >= 0.6 is 0 Å². The van der Waals surface area contributed by atoms with Crippen LogP contribution in [0.15, 0.2) is 18.2 Å². The van der Waals surface area contributed by atoms with Crippen molar-refractivity contribution in [2.45, 2.75) is 37.6 Å². The van der Waals surface area contributed by atoms with Gasteiger partial charge in [-0.3, -0.25) is 0 Å². The molecule has 2 N–H and O–H groups in total. The molecule has 0 amide bonds. The molecular weight excluding hydrogens is 214 g/mol. The Morgan fingerprint density at radius 3 is 2.59 bits per heavy atom. The van der Waals surface area contributed by atoms with Gasteiger partial charge < -0.3 is 15.2 Å². The number of hydrogen-bond acceptors (Lipinski definition) is 3. The van der Waals surface area contributed by atoms with E-state index in [9.17, 15) is 0 Å². The Labute approximate surface area is 102 Å². The third-order valence-electron chi connectivity index (χ3n) is 3.77. The zero-order valence-electron chi connectivity index (χ0n) is 10.0. The highest BCUT2D eigenvalue weighted by Gasteiger charge is 2.26. The van der Waals surface area contributed by atoms with Crippen LogP contribution in [-0.4, -0.2) is 19.3 Å². The van der Waals surface area contributed by atoms with Crippen LogP contribution in [0.1, 0.15) is 37.2 Å². The smallest absolute Gasteiger partial charge is 0.161 e. The van der Waals surface area contributed by atoms with Crippen molar-refractivity contribution in [2.24, 2.45) is 5.73 Å². The van der Waals surface area contributed by atoms with Crippen LogP contribution in [-0.2, 0) is 0 Å². The van der Waals surface area contributed by atoms with Crippen LogP contribution in [0.2, 0.25) is 0 Å². The third-order valence-corrected chi connectivity index (χ3v) is 3.77. The van der Waals surface area contributed by atoms with Crippen molar-refractivity contribution in [3.05, 3.63) is 23.8 Å². The molecule has 92 valence electrons. The quantitative estimate of drug-likeness (QED) is 0.810. The molecule has 2 atom stereocenters. The van der Waals surface area contributed by atoms with Gasteiger partial charge in [-0.2, -0.15) is 0 Å². The summed E-state index contributed by atoms with van der Waals surface area (Å²) in [5, 5.41) is 0. The first-order valence-electron chi connectivity index (χ1n) is 6.50. The lowest BCUT2D eigenvalue weighted by Crippen LogP contribution is -2.22. The molecule has 2 aliphatic rings. The molecule has 1 aromatic carbocycles. The van der Waals surface area contributed by atoms with Gasteiger partial charge >= 0.3 is 0 Å². The lowest BCUT2D eigenvalue weighted by molar-refractivity contribution is 0.297. The standard InChI is InChI=1S/C14H19NO2/c15-12-4-1-3-11(12)10-5-6-13-14(9-10)17-8-2-7-16-13/h5-6,9,11-12H,1-4,7-8,15H2. The van der Waals surface area contributed by atoms with E-state index in [2.05, 4.69) is 12.1 Å². The van der Waals surface area contributed by atoms with Crippen molar-refractivity contribution in [2.75, 3.05) is 13.2 Å². The van der Waals surface area contributed by atoms with Crippen LogP contribution < -0.4 is 15.2 Å². The van der Waals surface area contributed by atoms with E-state index in [0.29, 0.717) is 12.0 Å². The van der Waals surface area contributed by atoms with Crippen molar-refractivity contribution in [3.8, 4) is 11.5 Å². The van der Waals surface area contributed by atoms with E-state index < -0.39 is 0 Å². The van der Waals surface area contributed by atoms with E-state index >= 15 is 0 Å². The molecule has 3 nitrogen and oxygen atoms in total. The molecule has 1 saturated carbocycles.